The van der Waals surface area contributed by atoms with E-state index >= 15 is 0 Å². The molecule has 132 valence electrons. The third kappa shape index (κ3) is 4.69. The standard InChI is InChI=1S/C21H25NO3/c1-14-11-15(2)19(16(3)12-14)21(24)25-17(4)20(23)22(5)13-18-9-7-6-8-10-18/h6-12,17H,13H2,1-5H3/t17-/m0/s1. The summed E-state index contributed by atoms with van der Waals surface area (Å²) in [4.78, 5) is 26.6. The van der Waals surface area contributed by atoms with Crippen molar-refractivity contribution in [2.24, 2.45) is 0 Å². The molecule has 1 amide bonds. The number of aryl methyl sites for hydroxylation is 3. The summed E-state index contributed by atoms with van der Waals surface area (Å²) >= 11 is 0. The van der Waals surface area contributed by atoms with Gasteiger partial charge in [-0.15, -0.1) is 0 Å². The fourth-order valence-electron chi connectivity index (χ4n) is 3.02. The van der Waals surface area contributed by atoms with Crippen molar-refractivity contribution in [3.8, 4) is 0 Å². The lowest BCUT2D eigenvalue weighted by Gasteiger charge is -2.22. The third-order valence-electron chi connectivity index (χ3n) is 4.15. The van der Waals surface area contributed by atoms with Crippen LogP contribution in [0.25, 0.3) is 0 Å². The molecule has 0 heterocycles. The predicted octanol–water partition coefficient (Wildman–Crippen LogP) is 3.82. The molecule has 2 aromatic carbocycles. The van der Waals surface area contributed by atoms with Crippen LogP contribution in [0.15, 0.2) is 42.5 Å². The Balaban J connectivity index is 2.04. The summed E-state index contributed by atoms with van der Waals surface area (Å²) in [5.41, 5.74) is 4.39. The molecular formula is C21H25NO3. The van der Waals surface area contributed by atoms with E-state index in [4.69, 9.17) is 4.74 Å². The van der Waals surface area contributed by atoms with Gasteiger partial charge in [0, 0.05) is 13.6 Å². The van der Waals surface area contributed by atoms with Gasteiger partial charge in [0.25, 0.3) is 5.91 Å². The van der Waals surface area contributed by atoms with Gasteiger partial charge in [0.15, 0.2) is 6.10 Å². The van der Waals surface area contributed by atoms with Crippen molar-refractivity contribution < 1.29 is 14.3 Å². The van der Waals surface area contributed by atoms with E-state index in [0.29, 0.717) is 12.1 Å². The zero-order chi connectivity index (χ0) is 18.6. The lowest BCUT2D eigenvalue weighted by molar-refractivity contribution is -0.139. The Bertz CT molecular complexity index is 745. The molecule has 0 saturated carbocycles. The number of hydrogen-bond acceptors (Lipinski definition) is 3. The van der Waals surface area contributed by atoms with Gasteiger partial charge >= 0.3 is 5.97 Å². The van der Waals surface area contributed by atoms with E-state index < -0.39 is 12.1 Å². The van der Waals surface area contributed by atoms with Gasteiger partial charge in [-0.25, -0.2) is 4.79 Å². The SMILES string of the molecule is Cc1cc(C)c(C(=O)O[C@@H](C)C(=O)N(C)Cc2ccccc2)c(C)c1. The molecule has 2 rings (SSSR count). The zero-order valence-electron chi connectivity index (χ0n) is 15.5. The molecule has 0 unspecified atom stereocenters. The van der Waals surface area contributed by atoms with Crippen LogP contribution in [0.5, 0.6) is 0 Å². The van der Waals surface area contributed by atoms with Crippen LogP contribution in [0.2, 0.25) is 0 Å². The molecule has 1 atom stereocenters. The lowest BCUT2D eigenvalue weighted by atomic mass is 10.00. The first-order valence-corrected chi connectivity index (χ1v) is 8.37. The number of esters is 1. The first kappa shape index (κ1) is 18.7. The normalized spacial score (nSPS) is 11.7. The minimum Gasteiger partial charge on any atom is -0.449 e. The average Bonchev–Trinajstić information content (AvgIpc) is 2.53. The maximum atomic E-state index is 12.5. The van der Waals surface area contributed by atoms with E-state index in [0.717, 1.165) is 22.3 Å². The Hall–Kier alpha value is -2.62. The van der Waals surface area contributed by atoms with E-state index in [9.17, 15) is 9.59 Å². The van der Waals surface area contributed by atoms with E-state index in [-0.39, 0.29) is 5.91 Å². The molecule has 0 aromatic heterocycles. The molecule has 0 aliphatic heterocycles. The van der Waals surface area contributed by atoms with Crippen LogP contribution in [-0.2, 0) is 16.1 Å². The van der Waals surface area contributed by atoms with Crippen LogP contribution in [0.1, 0.15) is 39.5 Å². The summed E-state index contributed by atoms with van der Waals surface area (Å²) in [5.74, 6) is -0.677. The van der Waals surface area contributed by atoms with Crippen molar-refractivity contribution in [3.05, 3.63) is 70.3 Å². The Morgan fingerprint density at radius 2 is 1.60 bits per heavy atom. The molecule has 0 saturated heterocycles. The fourth-order valence-corrected chi connectivity index (χ4v) is 3.02. The second-order valence-corrected chi connectivity index (χ2v) is 6.50. The summed E-state index contributed by atoms with van der Waals surface area (Å²) in [6.07, 6.45) is -0.832. The van der Waals surface area contributed by atoms with Gasteiger partial charge < -0.3 is 9.64 Å². The average molecular weight is 339 g/mol. The molecule has 2 aromatic rings. The highest BCUT2D eigenvalue weighted by Crippen LogP contribution is 2.18. The molecule has 25 heavy (non-hydrogen) atoms. The first-order chi connectivity index (χ1) is 11.8. The van der Waals surface area contributed by atoms with Gasteiger partial charge in [-0.2, -0.15) is 0 Å². The van der Waals surface area contributed by atoms with Crippen molar-refractivity contribution in [1.29, 1.82) is 0 Å². The van der Waals surface area contributed by atoms with Crippen molar-refractivity contribution >= 4 is 11.9 Å². The van der Waals surface area contributed by atoms with Gasteiger partial charge in [0.1, 0.15) is 0 Å². The number of amides is 1. The predicted molar refractivity (Wildman–Crippen MR) is 98.4 cm³/mol. The Morgan fingerprint density at radius 3 is 2.16 bits per heavy atom. The molecule has 0 aliphatic carbocycles. The van der Waals surface area contributed by atoms with Gasteiger partial charge in [-0.1, -0.05) is 48.0 Å². The van der Waals surface area contributed by atoms with Gasteiger partial charge in [-0.3, -0.25) is 4.79 Å². The number of carbonyl (C=O) groups is 2. The molecule has 0 spiro atoms. The monoisotopic (exact) mass is 339 g/mol. The Morgan fingerprint density at radius 1 is 1.04 bits per heavy atom. The van der Waals surface area contributed by atoms with Crippen LogP contribution in [-0.4, -0.2) is 29.9 Å². The smallest absolute Gasteiger partial charge is 0.339 e. The Kier molecular flexibility index (Phi) is 5.97. The summed E-state index contributed by atoms with van der Waals surface area (Å²) < 4.78 is 5.43. The van der Waals surface area contributed by atoms with Crippen LogP contribution >= 0.6 is 0 Å². The zero-order valence-corrected chi connectivity index (χ0v) is 15.5. The van der Waals surface area contributed by atoms with E-state index in [1.165, 1.54) is 0 Å². The molecule has 0 aliphatic rings. The van der Waals surface area contributed by atoms with Crippen LogP contribution in [0.3, 0.4) is 0 Å². The maximum absolute atomic E-state index is 12.5. The highest BCUT2D eigenvalue weighted by molar-refractivity contribution is 5.94. The fraction of sp³-hybridized carbons (Fsp3) is 0.333. The van der Waals surface area contributed by atoms with Gasteiger partial charge in [0.05, 0.1) is 5.56 Å². The summed E-state index contributed by atoms with van der Waals surface area (Å²) in [7, 11) is 1.71. The highest BCUT2D eigenvalue weighted by Gasteiger charge is 2.24. The van der Waals surface area contributed by atoms with Crippen molar-refractivity contribution in [2.45, 2.75) is 40.3 Å². The number of nitrogens with zero attached hydrogens (tertiary/aromatic N) is 1. The lowest BCUT2D eigenvalue weighted by Crippen LogP contribution is -2.37. The van der Waals surface area contributed by atoms with Crippen LogP contribution in [0, 0.1) is 20.8 Å². The number of rotatable bonds is 5. The van der Waals surface area contributed by atoms with Crippen molar-refractivity contribution in [3.63, 3.8) is 0 Å². The maximum Gasteiger partial charge on any atom is 0.339 e. The molecule has 0 N–H and O–H groups in total. The van der Waals surface area contributed by atoms with Gasteiger partial charge in [0.2, 0.25) is 0 Å². The summed E-state index contributed by atoms with van der Waals surface area (Å²) in [6.45, 7) is 7.83. The van der Waals surface area contributed by atoms with E-state index in [1.807, 2.05) is 63.2 Å². The molecule has 0 radical (unpaired) electrons. The van der Waals surface area contributed by atoms with Crippen LogP contribution < -0.4 is 0 Å². The highest BCUT2D eigenvalue weighted by atomic mass is 16.5. The van der Waals surface area contributed by atoms with Gasteiger partial charge in [-0.05, 0) is 44.4 Å². The number of hydrogen-bond donors (Lipinski definition) is 0. The molecule has 4 nitrogen and oxygen atoms in total. The number of carbonyl (C=O) groups excluding carboxylic acids is 2. The van der Waals surface area contributed by atoms with Crippen LogP contribution in [0.4, 0.5) is 0 Å². The molecular weight excluding hydrogens is 314 g/mol. The minimum absolute atomic E-state index is 0.223. The second kappa shape index (κ2) is 7.97. The molecule has 0 bridgehead atoms. The quantitative estimate of drug-likeness (QED) is 0.778. The minimum atomic E-state index is -0.832. The third-order valence-corrected chi connectivity index (χ3v) is 4.15. The second-order valence-electron chi connectivity index (χ2n) is 6.50. The topological polar surface area (TPSA) is 46.6 Å². The molecule has 4 heteroatoms. The largest absolute Gasteiger partial charge is 0.449 e. The molecule has 0 fully saturated rings. The number of likely N-dealkylation sites (N-methyl/N-ethyl adjacent to an activating group) is 1. The summed E-state index contributed by atoms with van der Waals surface area (Å²) in [6, 6.07) is 13.6. The first-order valence-electron chi connectivity index (χ1n) is 8.37. The van der Waals surface area contributed by atoms with Crippen molar-refractivity contribution in [1.82, 2.24) is 4.90 Å². The number of benzene rings is 2. The number of ether oxygens (including phenoxy) is 1. The summed E-state index contributed by atoms with van der Waals surface area (Å²) in [5, 5.41) is 0. The van der Waals surface area contributed by atoms with Crippen molar-refractivity contribution in [2.75, 3.05) is 7.05 Å². The van der Waals surface area contributed by atoms with E-state index in [2.05, 4.69) is 0 Å². The Labute approximate surface area is 149 Å². The van der Waals surface area contributed by atoms with E-state index in [1.54, 1.807) is 18.9 Å².